The van der Waals surface area contributed by atoms with Crippen LogP contribution in [0, 0.1) is 0 Å². The number of aromatic nitrogens is 3. The van der Waals surface area contributed by atoms with E-state index in [1.54, 1.807) is 10.8 Å². The maximum absolute atomic E-state index is 12.9. The summed E-state index contributed by atoms with van der Waals surface area (Å²) in [5.74, 6) is -0.0482. The average molecular weight is 439 g/mol. The molecule has 0 saturated carbocycles. The minimum atomic E-state index is -0.0514. The molecule has 0 fully saturated rings. The van der Waals surface area contributed by atoms with Crippen LogP contribution in [-0.2, 0) is 17.9 Å². The van der Waals surface area contributed by atoms with Crippen LogP contribution in [0.3, 0.4) is 0 Å². The molecule has 3 aromatic heterocycles. The largest absolute Gasteiger partial charge is 0.350 e. The van der Waals surface area contributed by atoms with Gasteiger partial charge in [-0.05, 0) is 48.9 Å². The number of hydrogen-bond acceptors (Lipinski definition) is 3. The summed E-state index contributed by atoms with van der Waals surface area (Å²) >= 11 is 3.49. The van der Waals surface area contributed by atoms with Crippen molar-refractivity contribution in [2.45, 2.75) is 25.9 Å². The monoisotopic (exact) mass is 438 g/mol. The third kappa shape index (κ3) is 3.71. The molecule has 0 aliphatic heterocycles. The predicted octanol–water partition coefficient (Wildman–Crippen LogP) is 3.51. The van der Waals surface area contributed by atoms with Crippen LogP contribution in [0.25, 0.3) is 16.6 Å². The van der Waals surface area contributed by atoms with Crippen LogP contribution < -0.4 is 10.9 Å². The van der Waals surface area contributed by atoms with Gasteiger partial charge >= 0.3 is 0 Å². The van der Waals surface area contributed by atoms with E-state index in [4.69, 9.17) is 0 Å². The van der Waals surface area contributed by atoms with E-state index in [1.165, 1.54) is 0 Å². The summed E-state index contributed by atoms with van der Waals surface area (Å²) in [6.07, 6.45) is 4.52. The van der Waals surface area contributed by atoms with Crippen molar-refractivity contribution in [3.05, 3.63) is 81.4 Å². The molecule has 0 aliphatic carbocycles. The van der Waals surface area contributed by atoms with Crippen LogP contribution in [-0.4, -0.2) is 19.9 Å². The molecule has 7 heteroatoms. The standard InChI is InChI=1S/C21H19BrN4O2/c22-15-8-9-17-19(13-15)26(21(28)18-6-3-11-25(17)18)12-4-7-20(27)24-14-16-5-1-2-10-23-16/h1-3,5-6,8-11,13H,4,7,12,14H2,(H,24,27). The van der Waals surface area contributed by atoms with Crippen LogP contribution in [0.5, 0.6) is 0 Å². The summed E-state index contributed by atoms with van der Waals surface area (Å²) < 4.78 is 4.56. The van der Waals surface area contributed by atoms with Crippen LogP contribution in [0.2, 0.25) is 0 Å². The highest BCUT2D eigenvalue weighted by Gasteiger charge is 2.11. The molecule has 0 unspecified atom stereocenters. The summed E-state index contributed by atoms with van der Waals surface area (Å²) in [4.78, 5) is 29.3. The van der Waals surface area contributed by atoms with E-state index in [-0.39, 0.29) is 11.5 Å². The molecule has 0 bridgehead atoms. The number of carbonyl (C=O) groups is 1. The Morgan fingerprint density at radius 2 is 1.96 bits per heavy atom. The predicted molar refractivity (Wildman–Crippen MR) is 112 cm³/mol. The topological polar surface area (TPSA) is 68.4 Å². The second kappa shape index (κ2) is 7.98. The SMILES string of the molecule is O=C(CCCn1c(=O)c2cccn2c2ccc(Br)cc21)NCc1ccccn1. The third-order valence-corrected chi connectivity index (χ3v) is 5.17. The first-order valence-corrected chi connectivity index (χ1v) is 9.88. The zero-order chi connectivity index (χ0) is 19.5. The lowest BCUT2D eigenvalue weighted by molar-refractivity contribution is -0.121. The molecule has 0 atom stereocenters. The lowest BCUT2D eigenvalue weighted by atomic mass is 10.2. The fraction of sp³-hybridized carbons (Fsp3) is 0.190. The lowest BCUT2D eigenvalue weighted by Crippen LogP contribution is -2.25. The molecule has 0 saturated heterocycles. The number of amides is 1. The van der Waals surface area contributed by atoms with Crippen molar-refractivity contribution in [3.63, 3.8) is 0 Å². The molecule has 1 aromatic carbocycles. The van der Waals surface area contributed by atoms with Crippen molar-refractivity contribution in [1.82, 2.24) is 19.3 Å². The number of carbonyl (C=O) groups excluding carboxylic acids is 1. The molecule has 6 nitrogen and oxygen atoms in total. The maximum atomic E-state index is 12.9. The van der Waals surface area contributed by atoms with E-state index in [0.29, 0.717) is 31.4 Å². The Morgan fingerprint density at radius 3 is 2.79 bits per heavy atom. The van der Waals surface area contributed by atoms with E-state index in [2.05, 4.69) is 26.2 Å². The van der Waals surface area contributed by atoms with Gasteiger partial charge in [0.2, 0.25) is 5.91 Å². The van der Waals surface area contributed by atoms with E-state index in [9.17, 15) is 9.59 Å². The molecular weight excluding hydrogens is 420 g/mol. The van der Waals surface area contributed by atoms with Gasteiger partial charge in [0.05, 0.1) is 23.3 Å². The second-order valence-electron chi connectivity index (χ2n) is 6.55. The van der Waals surface area contributed by atoms with Gasteiger partial charge in [0.15, 0.2) is 0 Å². The molecule has 0 aliphatic rings. The fourth-order valence-electron chi connectivity index (χ4n) is 3.33. The van der Waals surface area contributed by atoms with Crippen molar-refractivity contribution in [3.8, 4) is 0 Å². The minimum absolute atomic E-state index is 0.0482. The van der Waals surface area contributed by atoms with Gasteiger partial charge in [-0.3, -0.25) is 14.6 Å². The summed E-state index contributed by atoms with van der Waals surface area (Å²) in [6.45, 7) is 0.885. The number of rotatable bonds is 6. The van der Waals surface area contributed by atoms with Gasteiger partial charge in [-0.15, -0.1) is 0 Å². The Bertz CT molecular complexity index is 1200. The first-order chi connectivity index (χ1) is 13.6. The normalized spacial score (nSPS) is 11.2. The highest BCUT2D eigenvalue weighted by molar-refractivity contribution is 9.10. The molecule has 3 heterocycles. The number of fused-ring (bicyclic) bond motifs is 3. The summed E-state index contributed by atoms with van der Waals surface area (Å²) in [5, 5.41) is 2.87. The highest BCUT2D eigenvalue weighted by Crippen LogP contribution is 2.20. The molecule has 1 amide bonds. The molecule has 0 radical (unpaired) electrons. The maximum Gasteiger partial charge on any atom is 0.275 e. The van der Waals surface area contributed by atoms with Gasteiger partial charge in [0.1, 0.15) is 5.52 Å². The van der Waals surface area contributed by atoms with Gasteiger partial charge in [-0.25, -0.2) is 0 Å². The van der Waals surface area contributed by atoms with Crippen LogP contribution >= 0.6 is 15.9 Å². The molecule has 142 valence electrons. The van der Waals surface area contributed by atoms with Crippen molar-refractivity contribution in [2.75, 3.05) is 0 Å². The van der Waals surface area contributed by atoms with Crippen molar-refractivity contribution < 1.29 is 4.79 Å². The number of nitrogens with zero attached hydrogens (tertiary/aromatic N) is 3. The summed E-state index contributed by atoms with van der Waals surface area (Å²) in [6, 6.07) is 15.2. The minimum Gasteiger partial charge on any atom is -0.350 e. The molecule has 4 aromatic rings. The number of hydrogen-bond donors (Lipinski definition) is 1. The number of aryl methyl sites for hydroxylation is 1. The van der Waals surface area contributed by atoms with E-state index in [1.807, 2.05) is 59.1 Å². The third-order valence-electron chi connectivity index (χ3n) is 4.68. The summed E-state index contributed by atoms with van der Waals surface area (Å²) in [5.41, 5.74) is 3.21. The van der Waals surface area contributed by atoms with E-state index < -0.39 is 0 Å². The molecule has 1 N–H and O–H groups in total. The van der Waals surface area contributed by atoms with Crippen LogP contribution in [0.1, 0.15) is 18.5 Å². The van der Waals surface area contributed by atoms with Gasteiger partial charge in [-0.1, -0.05) is 22.0 Å². The van der Waals surface area contributed by atoms with Gasteiger partial charge < -0.3 is 14.3 Å². The lowest BCUT2D eigenvalue weighted by Gasteiger charge is -2.13. The van der Waals surface area contributed by atoms with Crippen LogP contribution in [0.4, 0.5) is 0 Å². The molecule has 0 spiro atoms. The highest BCUT2D eigenvalue weighted by atomic mass is 79.9. The second-order valence-corrected chi connectivity index (χ2v) is 7.47. The average Bonchev–Trinajstić information content (AvgIpc) is 3.20. The quantitative estimate of drug-likeness (QED) is 0.500. The number of halogens is 1. The molecular formula is C21H19BrN4O2. The molecule has 28 heavy (non-hydrogen) atoms. The number of benzene rings is 1. The van der Waals surface area contributed by atoms with Crippen molar-refractivity contribution in [2.24, 2.45) is 0 Å². The Morgan fingerprint density at radius 1 is 1.07 bits per heavy atom. The van der Waals surface area contributed by atoms with Crippen molar-refractivity contribution >= 4 is 38.4 Å². The molecule has 4 rings (SSSR count). The Labute approximate surface area is 170 Å². The van der Waals surface area contributed by atoms with Gasteiger partial charge in [0.25, 0.3) is 5.56 Å². The number of pyridine rings is 1. The fourth-order valence-corrected chi connectivity index (χ4v) is 3.68. The van der Waals surface area contributed by atoms with Gasteiger partial charge in [0, 0.05) is 29.8 Å². The first-order valence-electron chi connectivity index (χ1n) is 9.09. The van der Waals surface area contributed by atoms with Crippen LogP contribution in [0.15, 0.2) is 70.2 Å². The summed E-state index contributed by atoms with van der Waals surface area (Å²) in [7, 11) is 0. The van der Waals surface area contributed by atoms with Crippen molar-refractivity contribution in [1.29, 1.82) is 0 Å². The Kier molecular flexibility index (Phi) is 5.25. The number of nitrogens with one attached hydrogen (secondary N) is 1. The Hall–Kier alpha value is -2.93. The van der Waals surface area contributed by atoms with E-state index in [0.717, 1.165) is 21.2 Å². The van der Waals surface area contributed by atoms with Gasteiger partial charge in [-0.2, -0.15) is 0 Å². The first kappa shape index (κ1) is 18.4. The zero-order valence-corrected chi connectivity index (χ0v) is 16.7. The Balaban J connectivity index is 1.49. The smallest absolute Gasteiger partial charge is 0.275 e. The van der Waals surface area contributed by atoms with E-state index >= 15 is 0 Å². The zero-order valence-electron chi connectivity index (χ0n) is 15.1.